The molecule has 1 aromatic rings. The van der Waals surface area contributed by atoms with Crippen LogP contribution in [0.3, 0.4) is 0 Å². The Labute approximate surface area is 97.5 Å². The van der Waals surface area contributed by atoms with Gasteiger partial charge in [-0.25, -0.2) is 0 Å². The fraction of sp³-hybridized carbons (Fsp3) is 0.667. The third-order valence-electron chi connectivity index (χ3n) is 2.25. The van der Waals surface area contributed by atoms with Crippen molar-refractivity contribution in [2.45, 2.75) is 39.3 Å². The van der Waals surface area contributed by atoms with Gasteiger partial charge in [-0.05, 0) is 26.8 Å². The average molecular weight is 223 g/mol. The zero-order chi connectivity index (χ0) is 11.8. The van der Waals surface area contributed by atoms with Crippen LogP contribution in [0.1, 0.15) is 38.9 Å². The number of ether oxygens (including phenoxy) is 1. The van der Waals surface area contributed by atoms with E-state index in [1.165, 1.54) is 0 Å². The first-order chi connectivity index (χ1) is 7.74. The summed E-state index contributed by atoms with van der Waals surface area (Å²) in [6, 6.07) is 0.234. The zero-order valence-corrected chi connectivity index (χ0v) is 10.3. The molecule has 0 spiro atoms. The molecule has 0 radical (unpaired) electrons. The highest BCUT2D eigenvalue weighted by atomic mass is 16.5. The van der Waals surface area contributed by atoms with E-state index in [-0.39, 0.29) is 12.1 Å². The molecule has 1 aromatic heterocycles. The molecule has 1 rings (SSSR count). The van der Waals surface area contributed by atoms with E-state index >= 15 is 0 Å². The van der Waals surface area contributed by atoms with E-state index in [1.54, 1.807) is 12.4 Å². The van der Waals surface area contributed by atoms with Crippen molar-refractivity contribution in [3.8, 4) is 0 Å². The molecular weight excluding hydrogens is 202 g/mol. The number of hydrogen-bond donors (Lipinski definition) is 1. The number of nitrogens with one attached hydrogen (secondary N) is 1. The summed E-state index contributed by atoms with van der Waals surface area (Å²) in [5, 5.41) is 3.39. The summed E-state index contributed by atoms with van der Waals surface area (Å²) in [4.78, 5) is 8.40. The summed E-state index contributed by atoms with van der Waals surface area (Å²) in [5.74, 6) is 0. The largest absolute Gasteiger partial charge is 0.379 e. The fourth-order valence-electron chi connectivity index (χ4n) is 1.51. The van der Waals surface area contributed by atoms with Crippen molar-refractivity contribution in [2.75, 3.05) is 13.2 Å². The minimum absolute atomic E-state index is 0.234. The predicted octanol–water partition coefficient (Wildman–Crippen LogP) is 1.94. The maximum Gasteiger partial charge on any atom is 0.0756 e. The van der Waals surface area contributed by atoms with E-state index in [4.69, 9.17) is 4.74 Å². The molecule has 4 nitrogen and oxygen atoms in total. The molecule has 0 amide bonds. The van der Waals surface area contributed by atoms with Gasteiger partial charge in [0.1, 0.15) is 0 Å². The summed E-state index contributed by atoms with van der Waals surface area (Å²) in [6.07, 6.45) is 6.43. The SMILES string of the molecule is CCNC(CCOC(C)C)c1cnccn1. The van der Waals surface area contributed by atoms with E-state index in [9.17, 15) is 0 Å². The highest BCUT2D eigenvalue weighted by Crippen LogP contribution is 2.13. The van der Waals surface area contributed by atoms with Crippen molar-refractivity contribution in [1.29, 1.82) is 0 Å². The molecule has 1 atom stereocenters. The molecule has 1 unspecified atom stereocenters. The van der Waals surface area contributed by atoms with Gasteiger partial charge in [-0.15, -0.1) is 0 Å². The van der Waals surface area contributed by atoms with Crippen molar-refractivity contribution in [1.82, 2.24) is 15.3 Å². The van der Waals surface area contributed by atoms with Crippen LogP contribution in [0.5, 0.6) is 0 Å². The maximum atomic E-state index is 5.55. The Morgan fingerprint density at radius 3 is 2.75 bits per heavy atom. The Morgan fingerprint density at radius 2 is 2.19 bits per heavy atom. The Kier molecular flexibility index (Phi) is 5.96. The van der Waals surface area contributed by atoms with Crippen molar-refractivity contribution < 1.29 is 4.74 Å². The molecule has 1 N–H and O–H groups in total. The van der Waals surface area contributed by atoms with Crippen LogP contribution >= 0.6 is 0 Å². The van der Waals surface area contributed by atoms with Gasteiger partial charge in [0.05, 0.1) is 17.8 Å². The molecule has 1 heterocycles. The average Bonchev–Trinajstić information content (AvgIpc) is 2.29. The second-order valence-electron chi connectivity index (χ2n) is 3.95. The molecular formula is C12H21N3O. The van der Waals surface area contributed by atoms with Gasteiger partial charge in [0.15, 0.2) is 0 Å². The number of rotatable bonds is 7. The van der Waals surface area contributed by atoms with Crippen LogP contribution in [0.25, 0.3) is 0 Å². The second-order valence-corrected chi connectivity index (χ2v) is 3.95. The van der Waals surface area contributed by atoms with E-state index in [2.05, 4.69) is 22.2 Å². The molecule has 0 aromatic carbocycles. The summed E-state index contributed by atoms with van der Waals surface area (Å²) in [5.41, 5.74) is 0.983. The Morgan fingerprint density at radius 1 is 1.38 bits per heavy atom. The molecule has 0 saturated carbocycles. The molecule has 4 heteroatoms. The van der Waals surface area contributed by atoms with Gasteiger partial charge in [0.2, 0.25) is 0 Å². The van der Waals surface area contributed by atoms with E-state index < -0.39 is 0 Å². The monoisotopic (exact) mass is 223 g/mol. The van der Waals surface area contributed by atoms with Crippen LogP contribution in [0.4, 0.5) is 0 Å². The van der Waals surface area contributed by atoms with Crippen molar-refractivity contribution in [3.05, 3.63) is 24.3 Å². The van der Waals surface area contributed by atoms with Crippen molar-refractivity contribution >= 4 is 0 Å². The quantitative estimate of drug-likeness (QED) is 0.767. The normalized spacial score (nSPS) is 13.0. The van der Waals surface area contributed by atoms with Gasteiger partial charge in [-0.3, -0.25) is 9.97 Å². The predicted molar refractivity (Wildman–Crippen MR) is 64.2 cm³/mol. The first-order valence-corrected chi connectivity index (χ1v) is 5.85. The summed E-state index contributed by atoms with van der Waals surface area (Å²) < 4.78 is 5.55. The smallest absolute Gasteiger partial charge is 0.0756 e. The Bertz CT molecular complexity index is 277. The number of hydrogen-bond acceptors (Lipinski definition) is 4. The van der Waals surface area contributed by atoms with Crippen molar-refractivity contribution in [2.24, 2.45) is 0 Å². The molecule has 16 heavy (non-hydrogen) atoms. The summed E-state index contributed by atoms with van der Waals surface area (Å²) in [7, 11) is 0. The molecule has 0 aliphatic carbocycles. The molecule has 0 saturated heterocycles. The second kappa shape index (κ2) is 7.30. The van der Waals surface area contributed by atoms with Gasteiger partial charge in [0.25, 0.3) is 0 Å². The molecule has 0 aliphatic rings. The van der Waals surface area contributed by atoms with Crippen LogP contribution in [0, 0.1) is 0 Å². The number of nitrogens with zero attached hydrogens (tertiary/aromatic N) is 2. The minimum atomic E-state index is 0.234. The highest BCUT2D eigenvalue weighted by molar-refractivity contribution is 5.01. The molecule has 0 fully saturated rings. The first-order valence-electron chi connectivity index (χ1n) is 5.85. The van der Waals surface area contributed by atoms with Gasteiger partial charge in [-0.1, -0.05) is 6.92 Å². The lowest BCUT2D eigenvalue weighted by molar-refractivity contribution is 0.0713. The number of aromatic nitrogens is 2. The zero-order valence-electron chi connectivity index (χ0n) is 10.3. The van der Waals surface area contributed by atoms with Gasteiger partial charge < -0.3 is 10.1 Å². The Hall–Kier alpha value is -1.00. The van der Waals surface area contributed by atoms with E-state index in [0.29, 0.717) is 0 Å². The van der Waals surface area contributed by atoms with Crippen LogP contribution in [-0.2, 0) is 4.74 Å². The molecule has 90 valence electrons. The first kappa shape index (κ1) is 13.1. The van der Waals surface area contributed by atoms with Crippen LogP contribution in [0.15, 0.2) is 18.6 Å². The lowest BCUT2D eigenvalue weighted by atomic mass is 10.1. The standard InChI is InChI=1S/C12H21N3O/c1-4-14-11(5-8-16-10(2)3)12-9-13-6-7-15-12/h6-7,9-11,14H,4-5,8H2,1-3H3. The van der Waals surface area contributed by atoms with Gasteiger partial charge in [-0.2, -0.15) is 0 Å². The Balaban J connectivity index is 2.48. The van der Waals surface area contributed by atoms with Gasteiger partial charge >= 0.3 is 0 Å². The third kappa shape index (κ3) is 4.68. The van der Waals surface area contributed by atoms with Crippen LogP contribution in [0.2, 0.25) is 0 Å². The van der Waals surface area contributed by atoms with E-state index in [1.807, 2.05) is 20.0 Å². The molecule has 0 aliphatic heterocycles. The topological polar surface area (TPSA) is 47.0 Å². The van der Waals surface area contributed by atoms with Crippen LogP contribution in [-0.4, -0.2) is 29.2 Å². The maximum absolute atomic E-state index is 5.55. The van der Waals surface area contributed by atoms with Crippen molar-refractivity contribution in [3.63, 3.8) is 0 Å². The summed E-state index contributed by atoms with van der Waals surface area (Å²) in [6.45, 7) is 7.84. The third-order valence-corrected chi connectivity index (χ3v) is 2.25. The lowest BCUT2D eigenvalue weighted by Gasteiger charge is -2.17. The van der Waals surface area contributed by atoms with Crippen LogP contribution < -0.4 is 5.32 Å². The minimum Gasteiger partial charge on any atom is -0.379 e. The van der Waals surface area contributed by atoms with Gasteiger partial charge in [0, 0.05) is 25.2 Å². The summed E-state index contributed by atoms with van der Waals surface area (Å²) >= 11 is 0. The molecule has 0 bridgehead atoms. The highest BCUT2D eigenvalue weighted by Gasteiger charge is 2.11. The lowest BCUT2D eigenvalue weighted by Crippen LogP contribution is -2.24. The van der Waals surface area contributed by atoms with E-state index in [0.717, 1.165) is 25.3 Å². The fourth-order valence-corrected chi connectivity index (χ4v) is 1.51.